The summed E-state index contributed by atoms with van der Waals surface area (Å²) in [5, 5.41) is 13.2. The molecule has 0 bridgehead atoms. The van der Waals surface area contributed by atoms with Gasteiger partial charge in [-0.05, 0) is 43.3 Å². The predicted octanol–water partition coefficient (Wildman–Crippen LogP) is 3.80. The van der Waals surface area contributed by atoms with Gasteiger partial charge in [0.15, 0.2) is 11.4 Å². The van der Waals surface area contributed by atoms with Gasteiger partial charge in [-0.25, -0.2) is 23.1 Å². The van der Waals surface area contributed by atoms with Gasteiger partial charge in [0.2, 0.25) is 11.5 Å². The summed E-state index contributed by atoms with van der Waals surface area (Å²) in [5.41, 5.74) is -2.14. The summed E-state index contributed by atoms with van der Waals surface area (Å²) in [6.07, 6.45) is -6.41. The van der Waals surface area contributed by atoms with Crippen molar-refractivity contribution in [3.8, 4) is 22.8 Å². The maximum Gasteiger partial charge on any atom is 0.424 e. The van der Waals surface area contributed by atoms with Crippen molar-refractivity contribution >= 4 is 17.5 Å². The molecule has 1 aliphatic heterocycles. The highest BCUT2D eigenvalue weighted by molar-refractivity contribution is 5.95. The fraction of sp³-hybridized carbons (Fsp3) is 0.286. The summed E-state index contributed by atoms with van der Waals surface area (Å²) in [5.74, 6) is -2.91. The van der Waals surface area contributed by atoms with Crippen LogP contribution < -0.4 is 20.5 Å². The van der Waals surface area contributed by atoms with Crippen molar-refractivity contribution in [2.45, 2.75) is 30.5 Å². The zero-order valence-electron chi connectivity index (χ0n) is 22.9. The molecule has 0 spiro atoms. The highest BCUT2D eigenvalue weighted by Crippen LogP contribution is 2.47. The van der Waals surface area contributed by atoms with Gasteiger partial charge in [-0.15, -0.1) is 0 Å². The summed E-state index contributed by atoms with van der Waals surface area (Å²) >= 11 is 0. The van der Waals surface area contributed by atoms with Gasteiger partial charge in [-0.3, -0.25) is 9.59 Å². The van der Waals surface area contributed by atoms with Gasteiger partial charge in [0, 0.05) is 23.5 Å². The molecule has 2 atom stereocenters. The Bertz CT molecular complexity index is 1780. The van der Waals surface area contributed by atoms with Crippen LogP contribution in [0.4, 0.5) is 26.3 Å². The van der Waals surface area contributed by atoms with Gasteiger partial charge in [-0.2, -0.15) is 13.2 Å². The van der Waals surface area contributed by atoms with Gasteiger partial charge in [0.25, 0.3) is 12.3 Å². The number of aromatic nitrogens is 3. The quantitative estimate of drug-likeness (QED) is 0.254. The molecule has 0 fully saturated rings. The number of methoxy groups -OCH3 is 1. The second-order valence-corrected chi connectivity index (χ2v) is 10.3. The minimum Gasteiger partial charge on any atom is -0.493 e. The largest absolute Gasteiger partial charge is 0.493 e. The first-order chi connectivity index (χ1) is 20.6. The second kappa shape index (κ2) is 10.7. The van der Waals surface area contributed by atoms with Crippen molar-refractivity contribution in [1.29, 1.82) is 0 Å². The van der Waals surface area contributed by atoms with Crippen LogP contribution in [0.2, 0.25) is 0 Å². The highest BCUT2D eigenvalue weighted by Gasteiger charge is 2.57. The first-order valence-corrected chi connectivity index (χ1v) is 12.8. The first-order valence-electron chi connectivity index (χ1n) is 12.8. The monoisotopic (exact) mass is 623 g/mol. The van der Waals surface area contributed by atoms with Crippen LogP contribution in [0, 0.1) is 5.82 Å². The van der Waals surface area contributed by atoms with E-state index in [1.54, 1.807) is 0 Å². The molecule has 0 saturated carbocycles. The average Bonchev–Trinajstić information content (AvgIpc) is 3.57. The van der Waals surface area contributed by atoms with Gasteiger partial charge in [0.05, 0.1) is 24.9 Å². The topological polar surface area (TPSA) is 141 Å². The van der Waals surface area contributed by atoms with Gasteiger partial charge in [-0.1, -0.05) is 0 Å². The van der Waals surface area contributed by atoms with Crippen LogP contribution in [0.25, 0.3) is 16.9 Å². The van der Waals surface area contributed by atoms with Crippen LogP contribution in [-0.4, -0.2) is 57.7 Å². The molecule has 4 N–H and O–H groups in total. The first kappa shape index (κ1) is 30.6. The lowest BCUT2D eigenvalue weighted by molar-refractivity contribution is -0.265. The van der Waals surface area contributed by atoms with Crippen molar-refractivity contribution in [2.24, 2.45) is 5.73 Å². The summed E-state index contributed by atoms with van der Waals surface area (Å²) in [4.78, 5) is 33.2. The number of fused-ring (bicyclic) bond motifs is 2. The normalized spacial score (nSPS) is 17.7. The molecule has 0 saturated heterocycles. The summed E-state index contributed by atoms with van der Waals surface area (Å²) in [6.45, 7) is -0.471. The highest BCUT2D eigenvalue weighted by atomic mass is 19.4. The number of alkyl halides is 5. The van der Waals surface area contributed by atoms with Crippen LogP contribution in [0.1, 0.15) is 40.7 Å². The average molecular weight is 624 g/mol. The van der Waals surface area contributed by atoms with Crippen molar-refractivity contribution in [1.82, 2.24) is 19.7 Å². The molecule has 0 aliphatic carbocycles. The van der Waals surface area contributed by atoms with E-state index >= 15 is 0 Å². The Kier molecular flexibility index (Phi) is 7.44. The fourth-order valence-corrected chi connectivity index (χ4v) is 4.71. The minimum atomic E-state index is -5.44. The van der Waals surface area contributed by atoms with E-state index in [2.05, 4.69) is 9.97 Å². The molecule has 10 nitrogen and oxygen atoms in total. The van der Waals surface area contributed by atoms with E-state index in [0.717, 1.165) is 41.1 Å². The zero-order chi connectivity index (χ0) is 32.2. The van der Waals surface area contributed by atoms with Gasteiger partial charge >= 0.3 is 6.18 Å². The molecule has 16 heteroatoms. The van der Waals surface area contributed by atoms with Crippen molar-refractivity contribution in [3.63, 3.8) is 0 Å². The molecule has 232 valence electrons. The number of ether oxygens (including phenoxy) is 2. The maximum atomic E-state index is 14.6. The van der Waals surface area contributed by atoms with Crippen LogP contribution in [0.15, 0.2) is 48.8 Å². The minimum absolute atomic E-state index is 0.0680. The number of carbonyl (C=O) groups is 2. The Morgan fingerprint density at radius 1 is 1.18 bits per heavy atom. The molecule has 0 radical (unpaired) electrons. The van der Waals surface area contributed by atoms with E-state index in [1.807, 2.05) is 5.32 Å². The van der Waals surface area contributed by atoms with E-state index in [4.69, 9.17) is 15.2 Å². The Morgan fingerprint density at radius 2 is 1.86 bits per heavy atom. The molecule has 44 heavy (non-hydrogen) atoms. The molecular weight excluding hydrogens is 600 g/mol. The van der Waals surface area contributed by atoms with E-state index < -0.39 is 59.2 Å². The van der Waals surface area contributed by atoms with Crippen molar-refractivity contribution in [2.75, 3.05) is 20.3 Å². The third-order valence-corrected chi connectivity index (χ3v) is 7.37. The number of amides is 2. The number of hydrogen-bond donors (Lipinski definition) is 3. The molecule has 1 aromatic carbocycles. The molecule has 1 aliphatic rings. The molecule has 1 unspecified atom stereocenters. The lowest BCUT2D eigenvalue weighted by atomic mass is 9.81. The third kappa shape index (κ3) is 5.04. The van der Waals surface area contributed by atoms with E-state index in [-0.39, 0.29) is 46.1 Å². The van der Waals surface area contributed by atoms with Crippen LogP contribution in [-0.2, 0) is 15.8 Å². The lowest BCUT2D eigenvalue weighted by Gasteiger charge is -2.31. The number of imidazole rings is 1. The number of halogens is 6. The van der Waals surface area contributed by atoms with Crippen molar-refractivity contribution < 1.29 is 50.5 Å². The fourth-order valence-electron chi connectivity index (χ4n) is 4.71. The second-order valence-electron chi connectivity index (χ2n) is 10.3. The predicted molar refractivity (Wildman–Crippen MR) is 141 cm³/mol. The van der Waals surface area contributed by atoms with Crippen molar-refractivity contribution in [3.05, 3.63) is 77.1 Å². The molecule has 2 amide bonds. The number of rotatable bonds is 8. The van der Waals surface area contributed by atoms with Gasteiger partial charge in [0.1, 0.15) is 35.0 Å². The number of nitrogens with zero attached hydrogens (tertiary/aromatic N) is 3. The van der Waals surface area contributed by atoms with E-state index in [1.165, 1.54) is 26.2 Å². The Morgan fingerprint density at radius 3 is 2.45 bits per heavy atom. The number of nitrogens with one attached hydrogen (secondary N) is 1. The molecular formula is C28H23F6N5O5. The Labute approximate surface area is 244 Å². The summed E-state index contributed by atoms with van der Waals surface area (Å²) in [7, 11) is 1.18. The number of hydrogen-bond acceptors (Lipinski definition) is 7. The van der Waals surface area contributed by atoms with Gasteiger partial charge < -0.3 is 30.0 Å². The smallest absolute Gasteiger partial charge is 0.424 e. The number of benzene rings is 1. The SMILES string of the molecule is COc1cc(C(=O)NCC(O)(c2cc3c(c(-c4ccc(F)cc4)n2)OC[C@]3(C)C(N)=O)C(F)(F)F)cn2cc(C(F)F)nc12. The number of pyridine rings is 2. The summed E-state index contributed by atoms with van der Waals surface area (Å²) in [6, 6.07) is 6.41. The van der Waals surface area contributed by atoms with E-state index in [9.17, 15) is 41.0 Å². The number of aliphatic hydroxyl groups is 1. The third-order valence-electron chi connectivity index (χ3n) is 7.37. The van der Waals surface area contributed by atoms with E-state index in [0.29, 0.717) is 0 Å². The Balaban J connectivity index is 1.57. The number of nitrogens with two attached hydrogens (primary N) is 1. The summed E-state index contributed by atoms with van der Waals surface area (Å²) < 4.78 is 95.6. The molecule has 5 rings (SSSR count). The number of carbonyl (C=O) groups excluding carboxylic acids is 2. The maximum absolute atomic E-state index is 14.6. The van der Waals surface area contributed by atoms with Crippen LogP contribution in [0.5, 0.6) is 11.5 Å². The van der Waals surface area contributed by atoms with Crippen LogP contribution in [0.3, 0.4) is 0 Å². The molecule has 4 heterocycles. The molecule has 4 aromatic rings. The lowest BCUT2D eigenvalue weighted by Crippen LogP contribution is -2.51. The van der Waals surface area contributed by atoms with Crippen LogP contribution >= 0.6 is 0 Å². The number of primary amides is 1. The standard InChI is InChI=1S/C28H23F6N5O5/c1-26(25(35)41)12-44-21-16(26)8-19(38-20(21)13-3-5-15(29)6-4-13)27(42,28(32,33)34)11-36-24(40)14-7-18(43-2)23-37-17(22(30)31)10-39(23)9-14/h3-10,22,42H,11-12H2,1-2H3,(H2,35,41)(H,36,40)/t26-,27?/m0/s1. The molecule has 3 aromatic heterocycles. The Hall–Kier alpha value is -4.86. The zero-order valence-corrected chi connectivity index (χ0v) is 22.9.